The van der Waals surface area contributed by atoms with Crippen LogP contribution in [0.4, 0.5) is 0 Å². The number of aliphatic hydroxyl groups excluding tert-OH is 1. The van der Waals surface area contributed by atoms with Crippen LogP contribution in [0.3, 0.4) is 0 Å². The first-order chi connectivity index (χ1) is 8.88. The average Bonchev–Trinajstić information content (AvgIpc) is 2.68. The molecule has 2 aliphatic rings. The molecule has 0 unspecified atom stereocenters. The van der Waals surface area contributed by atoms with Gasteiger partial charge in [-0.05, 0) is 44.7 Å². The molecule has 1 N–H and O–H groups in total. The zero-order valence-corrected chi connectivity index (χ0v) is 11.6. The molecule has 1 aliphatic heterocycles. The number of likely N-dealkylation sites (tertiary alicyclic amines) is 1. The third-order valence-electron chi connectivity index (χ3n) is 4.53. The van der Waals surface area contributed by atoms with Crippen molar-refractivity contribution in [3.63, 3.8) is 0 Å². The van der Waals surface area contributed by atoms with Gasteiger partial charge in [0.15, 0.2) is 0 Å². The van der Waals surface area contributed by atoms with Crippen LogP contribution in [0.5, 0.6) is 0 Å². The molecule has 3 heteroatoms. The summed E-state index contributed by atoms with van der Waals surface area (Å²) in [6.07, 6.45) is 10.9. The van der Waals surface area contributed by atoms with Crippen molar-refractivity contribution in [3.8, 4) is 0 Å². The summed E-state index contributed by atoms with van der Waals surface area (Å²) in [6.45, 7) is 4.62. The molecule has 0 spiro atoms. The quantitative estimate of drug-likeness (QED) is 0.766. The first-order valence-electron chi connectivity index (χ1n) is 7.83. The Balaban J connectivity index is 1.55. The maximum absolute atomic E-state index is 9.11. The van der Waals surface area contributed by atoms with Crippen molar-refractivity contribution >= 4 is 0 Å². The van der Waals surface area contributed by atoms with Gasteiger partial charge in [-0.2, -0.15) is 0 Å². The third-order valence-corrected chi connectivity index (χ3v) is 4.53. The predicted molar refractivity (Wildman–Crippen MR) is 73.7 cm³/mol. The van der Waals surface area contributed by atoms with Crippen LogP contribution in [-0.2, 0) is 4.74 Å². The van der Waals surface area contributed by atoms with E-state index < -0.39 is 0 Å². The van der Waals surface area contributed by atoms with E-state index in [9.17, 15) is 0 Å². The Kier molecular flexibility index (Phi) is 6.46. The maximum Gasteiger partial charge on any atom is 0.0597 e. The molecule has 0 aromatic heterocycles. The zero-order valence-electron chi connectivity index (χ0n) is 11.6. The molecule has 2 rings (SSSR count). The lowest BCUT2D eigenvalue weighted by atomic mass is 9.98. The lowest BCUT2D eigenvalue weighted by molar-refractivity contribution is 0.0215. The molecule has 1 saturated heterocycles. The fraction of sp³-hybridized carbons (Fsp3) is 1.00. The molecule has 2 fully saturated rings. The Morgan fingerprint density at radius 1 is 0.944 bits per heavy atom. The first-order valence-corrected chi connectivity index (χ1v) is 7.83. The van der Waals surface area contributed by atoms with Crippen LogP contribution < -0.4 is 0 Å². The van der Waals surface area contributed by atoms with E-state index in [2.05, 4.69) is 4.90 Å². The van der Waals surface area contributed by atoms with E-state index in [4.69, 9.17) is 9.84 Å². The predicted octanol–water partition coefficient (Wildman–Crippen LogP) is 2.43. The van der Waals surface area contributed by atoms with Gasteiger partial charge in [0.05, 0.1) is 12.7 Å². The highest BCUT2D eigenvalue weighted by molar-refractivity contribution is 4.72. The summed E-state index contributed by atoms with van der Waals surface area (Å²) in [7, 11) is 0. The second-order valence-electron chi connectivity index (χ2n) is 5.95. The first kappa shape index (κ1) is 14.3. The van der Waals surface area contributed by atoms with Gasteiger partial charge in [0.25, 0.3) is 0 Å². The Morgan fingerprint density at radius 3 is 2.22 bits per heavy atom. The topological polar surface area (TPSA) is 32.7 Å². The molecule has 0 aromatic rings. The molecule has 0 amide bonds. The minimum Gasteiger partial charge on any atom is -0.396 e. The summed E-state index contributed by atoms with van der Waals surface area (Å²) in [5.41, 5.74) is 0. The van der Waals surface area contributed by atoms with Gasteiger partial charge in [-0.25, -0.2) is 0 Å². The summed E-state index contributed by atoms with van der Waals surface area (Å²) in [4.78, 5) is 2.49. The Labute approximate surface area is 112 Å². The highest BCUT2D eigenvalue weighted by Crippen LogP contribution is 2.20. The zero-order chi connectivity index (χ0) is 12.6. The van der Waals surface area contributed by atoms with Crippen LogP contribution in [0.25, 0.3) is 0 Å². The van der Waals surface area contributed by atoms with E-state index in [1.165, 1.54) is 38.5 Å². The largest absolute Gasteiger partial charge is 0.396 e. The summed E-state index contributed by atoms with van der Waals surface area (Å²) < 4.78 is 6.03. The van der Waals surface area contributed by atoms with Gasteiger partial charge in [-0.15, -0.1) is 0 Å². The molecule has 0 atom stereocenters. The lowest BCUT2D eigenvalue weighted by Gasteiger charge is -2.31. The standard InChI is InChI=1S/C15H29NO2/c17-13-14-7-9-16(10-8-14)11-12-18-15-5-3-1-2-4-6-15/h14-15,17H,1-13H2. The molecule has 1 saturated carbocycles. The van der Waals surface area contributed by atoms with Gasteiger partial charge in [-0.3, -0.25) is 0 Å². The smallest absolute Gasteiger partial charge is 0.0597 e. The molecule has 1 heterocycles. The van der Waals surface area contributed by atoms with Crippen molar-refractivity contribution in [2.45, 2.75) is 57.5 Å². The van der Waals surface area contributed by atoms with Gasteiger partial charge < -0.3 is 14.7 Å². The van der Waals surface area contributed by atoms with Crippen LogP contribution >= 0.6 is 0 Å². The van der Waals surface area contributed by atoms with E-state index >= 15 is 0 Å². The second-order valence-corrected chi connectivity index (χ2v) is 5.95. The number of hydrogen-bond acceptors (Lipinski definition) is 3. The number of hydrogen-bond donors (Lipinski definition) is 1. The van der Waals surface area contributed by atoms with Gasteiger partial charge in [0.1, 0.15) is 0 Å². The van der Waals surface area contributed by atoms with Crippen LogP contribution in [0.1, 0.15) is 51.4 Å². The number of aliphatic hydroxyl groups is 1. The SMILES string of the molecule is OCC1CCN(CCOC2CCCCCC2)CC1. The second kappa shape index (κ2) is 8.13. The molecule has 1 aliphatic carbocycles. The van der Waals surface area contributed by atoms with Gasteiger partial charge >= 0.3 is 0 Å². The van der Waals surface area contributed by atoms with E-state index in [0.717, 1.165) is 39.1 Å². The third kappa shape index (κ3) is 4.87. The number of nitrogens with zero attached hydrogens (tertiary/aromatic N) is 1. The van der Waals surface area contributed by atoms with E-state index in [1.807, 2.05) is 0 Å². The minimum atomic E-state index is 0.367. The van der Waals surface area contributed by atoms with Gasteiger partial charge in [-0.1, -0.05) is 25.7 Å². The van der Waals surface area contributed by atoms with Gasteiger partial charge in [0.2, 0.25) is 0 Å². The van der Waals surface area contributed by atoms with Crippen molar-refractivity contribution < 1.29 is 9.84 Å². The molecular formula is C15H29NO2. The van der Waals surface area contributed by atoms with Crippen molar-refractivity contribution in [3.05, 3.63) is 0 Å². The van der Waals surface area contributed by atoms with E-state index in [-0.39, 0.29) is 0 Å². The van der Waals surface area contributed by atoms with Crippen LogP contribution in [-0.4, -0.2) is 49.0 Å². The fourth-order valence-corrected chi connectivity index (χ4v) is 3.15. The lowest BCUT2D eigenvalue weighted by Crippen LogP contribution is -2.37. The maximum atomic E-state index is 9.11. The van der Waals surface area contributed by atoms with Gasteiger partial charge in [0, 0.05) is 13.2 Å². The summed E-state index contributed by atoms with van der Waals surface area (Å²) in [5, 5.41) is 9.11. The molecule has 18 heavy (non-hydrogen) atoms. The molecule has 3 nitrogen and oxygen atoms in total. The number of piperidine rings is 1. The minimum absolute atomic E-state index is 0.367. The fourth-order valence-electron chi connectivity index (χ4n) is 3.15. The van der Waals surface area contributed by atoms with E-state index in [0.29, 0.717) is 18.6 Å². The normalized spacial score (nSPS) is 25.2. The van der Waals surface area contributed by atoms with Crippen molar-refractivity contribution in [2.24, 2.45) is 5.92 Å². The summed E-state index contributed by atoms with van der Waals surface area (Å²) in [6, 6.07) is 0. The molecule has 0 bridgehead atoms. The van der Waals surface area contributed by atoms with Crippen LogP contribution in [0, 0.1) is 5.92 Å². The van der Waals surface area contributed by atoms with Crippen molar-refractivity contribution in [2.75, 3.05) is 32.8 Å². The average molecular weight is 255 g/mol. The van der Waals surface area contributed by atoms with Crippen LogP contribution in [0.15, 0.2) is 0 Å². The number of rotatable bonds is 5. The van der Waals surface area contributed by atoms with Crippen LogP contribution in [0.2, 0.25) is 0 Å². The molecule has 0 radical (unpaired) electrons. The summed E-state index contributed by atoms with van der Waals surface area (Å²) in [5.74, 6) is 0.545. The Bertz CT molecular complexity index is 207. The van der Waals surface area contributed by atoms with E-state index in [1.54, 1.807) is 0 Å². The summed E-state index contributed by atoms with van der Waals surface area (Å²) >= 11 is 0. The highest BCUT2D eigenvalue weighted by Gasteiger charge is 2.18. The Hall–Kier alpha value is -0.120. The molecular weight excluding hydrogens is 226 g/mol. The van der Waals surface area contributed by atoms with Crippen molar-refractivity contribution in [1.82, 2.24) is 4.90 Å². The van der Waals surface area contributed by atoms with Crippen molar-refractivity contribution in [1.29, 1.82) is 0 Å². The highest BCUT2D eigenvalue weighted by atomic mass is 16.5. The molecule has 0 aromatic carbocycles. The molecule has 106 valence electrons. The number of ether oxygens (including phenoxy) is 1. The Morgan fingerprint density at radius 2 is 1.61 bits per heavy atom. The monoisotopic (exact) mass is 255 g/mol.